The van der Waals surface area contributed by atoms with Gasteiger partial charge in [-0.2, -0.15) is 0 Å². The largest absolute Gasteiger partial charge is 0.466 e. The van der Waals surface area contributed by atoms with Crippen molar-refractivity contribution in [2.45, 2.75) is 26.3 Å². The molecule has 214 valence electrons. The van der Waals surface area contributed by atoms with Gasteiger partial charge in [-0.15, -0.1) is 0 Å². The lowest BCUT2D eigenvalue weighted by molar-refractivity contribution is -0.142. The molecule has 11 heteroatoms. The Bertz CT molecular complexity index is 1880. The molecule has 5 aromatic rings. The lowest BCUT2D eigenvalue weighted by atomic mass is 10.0. The molecule has 0 saturated heterocycles. The van der Waals surface area contributed by atoms with Crippen molar-refractivity contribution in [3.63, 3.8) is 0 Å². The summed E-state index contributed by atoms with van der Waals surface area (Å²) in [5, 5.41) is 7.52. The molecule has 0 bridgehead atoms. The average molecular weight is 570 g/mol. The van der Waals surface area contributed by atoms with E-state index in [1.807, 2.05) is 41.1 Å². The number of imidazole rings is 1. The van der Waals surface area contributed by atoms with E-state index < -0.39 is 23.1 Å². The van der Waals surface area contributed by atoms with E-state index in [4.69, 9.17) is 9.47 Å². The zero-order chi connectivity index (χ0) is 29.2. The normalized spacial score (nSPS) is 11.7. The van der Waals surface area contributed by atoms with Gasteiger partial charge in [0, 0.05) is 43.6 Å². The Balaban J connectivity index is 1.44. The fraction of sp³-hybridized carbons (Fsp3) is 0.226. The summed E-state index contributed by atoms with van der Waals surface area (Å²) in [4.78, 5) is 42.6. The molecule has 2 aromatic heterocycles. The maximum Gasteiger partial charge on any atom is 0.307 e. The molecular weight excluding hydrogens is 541 g/mol. The zero-order valence-electron chi connectivity index (χ0n) is 22.9. The summed E-state index contributed by atoms with van der Waals surface area (Å²) in [6.07, 6.45) is 7.37. The van der Waals surface area contributed by atoms with Gasteiger partial charge in [0.25, 0.3) is 5.91 Å². The number of pyridine rings is 1. The van der Waals surface area contributed by atoms with Crippen LogP contribution in [0.2, 0.25) is 0 Å². The number of nitrogens with one attached hydrogen (secondary N) is 2. The first kappa shape index (κ1) is 27.0. The number of amides is 1. The molecule has 2 N–H and O–H groups in total. The molecule has 0 unspecified atom stereocenters. The number of esters is 1. The lowest BCUT2D eigenvalue weighted by Crippen LogP contribution is -2.32. The van der Waals surface area contributed by atoms with Gasteiger partial charge in [0.2, 0.25) is 5.43 Å². The summed E-state index contributed by atoms with van der Waals surface area (Å²) in [5.41, 5.74) is 0.286. The first-order valence-electron chi connectivity index (χ1n) is 13.7. The van der Waals surface area contributed by atoms with Crippen LogP contribution >= 0.6 is 0 Å². The molecule has 1 aliphatic rings. The van der Waals surface area contributed by atoms with Gasteiger partial charge in [-0.05, 0) is 30.9 Å². The van der Waals surface area contributed by atoms with Crippen molar-refractivity contribution in [3.05, 3.63) is 89.0 Å². The van der Waals surface area contributed by atoms with Gasteiger partial charge < -0.3 is 29.2 Å². The SMILES string of the molecule is CCOC(=O)CCNC(=O)c1cn2c3c(c(NCCCn4ccnc4)c(F)cc3c1=O)Oc1ccc3ccccc3c1-2. The second-order valence-corrected chi connectivity index (χ2v) is 9.83. The van der Waals surface area contributed by atoms with E-state index in [2.05, 4.69) is 15.6 Å². The van der Waals surface area contributed by atoms with E-state index in [1.165, 1.54) is 6.20 Å². The molecule has 1 aliphatic heterocycles. The topological polar surface area (TPSA) is 116 Å². The van der Waals surface area contributed by atoms with E-state index in [1.54, 1.807) is 30.1 Å². The number of anilines is 1. The maximum atomic E-state index is 15.7. The van der Waals surface area contributed by atoms with Gasteiger partial charge >= 0.3 is 5.97 Å². The van der Waals surface area contributed by atoms with Crippen LogP contribution in [0.3, 0.4) is 0 Å². The molecule has 0 spiro atoms. The number of fused-ring (bicyclic) bond motifs is 4. The van der Waals surface area contributed by atoms with Gasteiger partial charge in [-0.1, -0.05) is 30.3 Å². The summed E-state index contributed by atoms with van der Waals surface area (Å²) in [6.45, 7) is 3.03. The smallest absolute Gasteiger partial charge is 0.307 e. The van der Waals surface area contributed by atoms with E-state index in [9.17, 15) is 14.4 Å². The molecule has 0 aliphatic carbocycles. The molecule has 1 amide bonds. The fourth-order valence-corrected chi connectivity index (χ4v) is 5.20. The fourth-order valence-electron chi connectivity index (χ4n) is 5.20. The van der Waals surface area contributed by atoms with Crippen LogP contribution in [-0.4, -0.2) is 45.7 Å². The van der Waals surface area contributed by atoms with Gasteiger partial charge in [-0.3, -0.25) is 14.4 Å². The predicted octanol–water partition coefficient (Wildman–Crippen LogP) is 4.77. The molecule has 3 aromatic carbocycles. The Morgan fingerprint density at radius 3 is 2.79 bits per heavy atom. The minimum Gasteiger partial charge on any atom is -0.466 e. The molecule has 6 rings (SSSR count). The number of halogens is 1. The van der Waals surface area contributed by atoms with Crippen LogP contribution in [0.1, 0.15) is 30.1 Å². The highest BCUT2D eigenvalue weighted by Crippen LogP contribution is 2.47. The third-order valence-corrected chi connectivity index (χ3v) is 7.13. The standard InChI is InChI=1S/C31H28FN5O5/c1-2-41-25(38)10-12-35-31(40)22-17-37-27-20-7-4-3-6-19(20)8-9-24(27)42-30-26(23(32)16-21(28(30)37)29(22)39)34-11-5-14-36-15-13-33-18-36/h3-4,6-9,13,15-18,34H,2,5,10-12,14H2,1H3,(H,35,40). The molecular formula is C31H28FN5O5. The number of nitrogens with zero attached hydrogens (tertiary/aromatic N) is 3. The second-order valence-electron chi connectivity index (χ2n) is 9.83. The molecule has 0 saturated carbocycles. The Kier molecular flexibility index (Phi) is 7.30. The van der Waals surface area contributed by atoms with Crippen molar-refractivity contribution in [2.75, 3.05) is 25.0 Å². The minimum atomic E-state index is -0.674. The van der Waals surface area contributed by atoms with Gasteiger partial charge in [-0.25, -0.2) is 9.37 Å². The number of carbonyl (C=O) groups is 2. The third-order valence-electron chi connectivity index (χ3n) is 7.13. The molecule has 3 heterocycles. The summed E-state index contributed by atoms with van der Waals surface area (Å²) >= 11 is 0. The van der Waals surface area contributed by atoms with Crippen LogP contribution in [-0.2, 0) is 16.1 Å². The van der Waals surface area contributed by atoms with Crippen molar-refractivity contribution in [3.8, 4) is 17.2 Å². The molecule has 0 radical (unpaired) electrons. The van der Waals surface area contributed by atoms with Crippen molar-refractivity contribution in [2.24, 2.45) is 0 Å². The zero-order valence-corrected chi connectivity index (χ0v) is 22.9. The number of aromatic nitrogens is 3. The molecule has 10 nitrogen and oxygen atoms in total. The monoisotopic (exact) mass is 569 g/mol. The minimum absolute atomic E-state index is 0.00286. The van der Waals surface area contributed by atoms with Crippen LogP contribution in [0.15, 0.2) is 72.2 Å². The lowest BCUT2D eigenvalue weighted by Gasteiger charge is -2.27. The summed E-state index contributed by atoms with van der Waals surface area (Å²) in [6, 6.07) is 12.5. The van der Waals surface area contributed by atoms with E-state index in [0.717, 1.165) is 16.8 Å². The van der Waals surface area contributed by atoms with Gasteiger partial charge in [0.1, 0.15) is 16.8 Å². The van der Waals surface area contributed by atoms with Crippen LogP contribution in [0.5, 0.6) is 11.5 Å². The highest BCUT2D eigenvalue weighted by Gasteiger charge is 2.29. The van der Waals surface area contributed by atoms with E-state index in [-0.39, 0.29) is 42.0 Å². The third kappa shape index (κ3) is 4.93. The number of hydrogen-bond donors (Lipinski definition) is 2. The van der Waals surface area contributed by atoms with Gasteiger partial charge in [0.05, 0.1) is 30.4 Å². The van der Waals surface area contributed by atoms with E-state index in [0.29, 0.717) is 36.5 Å². The first-order valence-corrected chi connectivity index (χ1v) is 13.7. The summed E-state index contributed by atoms with van der Waals surface area (Å²) < 4.78 is 30.5. The Morgan fingerprint density at radius 1 is 1.12 bits per heavy atom. The maximum absolute atomic E-state index is 15.7. The highest BCUT2D eigenvalue weighted by molar-refractivity contribution is 6.04. The van der Waals surface area contributed by atoms with Crippen molar-refractivity contribution >= 4 is 39.2 Å². The Labute approximate surface area is 239 Å². The quantitative estimate of drug-likeness (QED) is 0.180. The molecule has 0 atom stereocenters. The van der Waals surface area contributed by atoms with E-state index >= 15 is 4.39 Å². The molecule has 0 fully saturated rings. The predicted molar refractivity (Wildman–Crippen MR) is 156 cm³/mol. The summed E-state index contributed by atoms with van der Waals surface area (Å²) in [5.74, 6) is -1.19. The Morgan fingerprint density at radius 2 is 1.98 bits per heavy atom. The number of rotatable bonds is 10. The van der Waals surface area contributed by atoms with Crippen LogP contribution < -0.4 is 20.8 Å². The number of benzene rings is 3. The Hall–Kier alpha value is -5.19. The number of hydrogen-bond acceptors (Lipinski definition) is 7. The number of aryl methyl sites for hydroxylation is 1. The van der Waals surface area contributed by atoms with Crippen molar-refractivity contribution < 1.29 is 23.5 Å². The highest BCUT2D eigenvalue weighted by atomic mass is 19.1. The first-order chi connectivity index (χ1) is 20.5. The molecule has 42 heavy (non-hydrogen) atoms. The second kappa shape index (κ2) is 11.4. The number of ether oxygens (including phenoxy) is 2. The number of carbonyl (C=O) groups excluding carboxylic acids is 2. The van der Waals surface area contributed by atoms with Crippen LogP contribution in [0.4, 0.5) is 10.1 Å². The van der Waals surface area contributed by atoms with Crippen LogP contribution in [0.25, 0.3) is 27.4 Å². The van der Waals surface area contributed by atoms with Crippen molar-refractivity contribution in [1.29, 1.82) is 0 Å². The van der Waals surface area contributed by atoms with Gasteiger partial charge in [0.15, 0.2) is 17.3 Å². The van der Waals surface area contributed by atoms with Crippen molar-refractivity contribution in [1.82, 2.24) is 19.4 Å². The van der Waals surface area contributed by atoms with Crippen LogP contribution in [0, 0.1) is 5.82 Å². The average Bonchev–Trinajstić information content (AvgIpc) is 3.51. The summed E-state index contributed by atoms with van der Waals surface area (Å²) in [7, 11) is 0.